The molecule has 1 aliphatic heterocycles. The second-order valence-corrected chi connectivity index (χ2v) is 4.28. The van der Waals surface area contributed by atoms with Crippen LogP contribution in [0, 0.1) is 0 Å². The van der Waals surface area contributed by atoms with Gasteiger partial charge in [0.15, 0.2) is 0 Å². The molecule has 1 heterocycles. The highest BCUT2D eigenvalue weighted by Crippen LogP contribution is 2.15. The lowest BCUT2D eigenvalue weighted by molar-refractivity contribution is 0.0936. The van der Waals surface area contributed by atoms with Crippen LogP contribution in [0.3, 0.4) is 0 Å². The molecule has 0 unspecified atom stereocenters. The van der Waals surface area contributed by atoms with Crippen LogP contribution in [0.4, 0.5) is 4.79 Å². The van der Waals surface area contributed by atoms with Crippen molar-refractivity contribution in [3.63, 3.8) is 0 Å². The van der Waals surface area contributed by atoms with Gasteiger partial charge < -0.3 is 9.64 Å². The summed E-state index contributed by atoms with van der Waals surface area (Å²) in [5.41, 5.74) is 2.24. The highest BCUT2D eigenvalue weighted by atomic mass is 16.6. The van der Waals surface area contributed by atoms with Crippen LogP contribution < -0.4 is 0 Å². The summed E-state index contributed by atoms with van der Waals surface area (Å²) in [5, 5.41) is 0. The van der Waals surface area contributed by atoms with Crippen molar-refractivity contribution in [3.05, 3.63) is 48.0 Å². The number of carbonyl (C=O) groups excluding carboxylic acids is 1. The van der Waals surface area contributed by atoms with E-state index in [0.717, 1.165) is 31.5 Å². The average Bonchev–Trinajstić information content (AvgIpc) is 2.49. The van der Waals surface area contributed by atoms with Gasteiger partial charge in [-0.15, -0.1) is 0 Å². The molecule has 1 aliphatic rings. The lowest BCUT2D eigenvalue weighted by atomic mass is 10.1. The van der Waals surface area contributed by atoms with Gasteiger partial charge >= 0.3 is 6.09 Å². The molecule has 0 aromatic heterocycles. The zero-order chi connectivity index (χ0) is 14.1. The minimum absolute atomic E-state index is 0.221. The Bertz CT molecular complexity index is 390. The van der Waals surface area contributed by atoms with Gasteiger partial charge in [-0.05, 0) is 18.4 Å². The zero-order valence-corrected chi connectivity index (χ0v) is 11.9. The van der Waals surface area contributed by atoms with Crippen LogP contribution in [0.25, 0.3) is 0 Å². The number of likely N-dealkylation sites (tertiary alicyclic amines) is 1. The number of carbonyl (C=O) groups is 1. The number of rotatable bonds is 2. The minimum Gasteiger partial charge on any atom is -0.445 e. The van der Waals surface area contributed by atoms with E-state index in [9.17, 15) is 4.79 Å². The third-order valence-corrected chi connectivity index (χ3v) is 2.93. The van der Waals surface area contributed by atoms with Crippen LogP contribution >= 0.6 is 0 Å². The molecule has 1 aromatic carbocycles. The lowest BCUT2D eigenvalue weighted by Gasteiger charge is -2.27. The van der Waals surface area contributed by atoms with E-state index in [1.54, 1.807) is 4.90 Å². The van der Waals surface area contributed by atoms with Gasteiger partial charge in [0.25, 0.3) is 0 Å². The molecule has 1 saturated heterocycles. The molecule has 3 nitrogen and oxygen atoms in total. The van der Waals surface area contributed by atoms with Crippen molar-refractivity contribution < 1.29 is 9.53 Å². The second kappa shape index (κ2) is 8.35. The normalized spacial score (nSPS) is 14.4. The van der Waals surface area contributed by atoms with E-state index in [1.807, 2.05) is 44.2 Å². The molecule has 0 radical (unpaired) electrons. The maximum absolute atomic E-state index is 11.8. The molecule has 0 aliphatic carbocycles. The molecule has 0 N–H and O–H groups in total. The number of hydrogen-bond donors (Lipinski definition) is 0. The number of amides is 1. The fourth-order valence-corrected chi connectivity index (χ4v) is 1.82. The SMILES string of the molecule is C=C1CCN(C(=O)OCc2ccccc2)CC1.CC. The van der Waals surface area contributed by atoms with Crippen LogP contribution in [0.15, 0.2) is 42.5 Å². The lowest BCUT2D eigenvalue weighted by Crippen LogP contribution is -2.36. The molecule has 1 aromatic rings. The quantitative estimate of drug-likeness (QED) is 0.753. The maximum atomic E-state index is 11.8. The molecule has 3 heteroatoms. The molecule has 0 spiro atoms. The van der Waals surface area contributed by atoms with Crippen molar-refractivity contribution in [3.8, 4) is 0 Å². The van der Waals surface area contributed by atoms with Crippen molar-refractivity contribution in [2.45, 2.75) is 33.3 Å². The topological polar surface area (TPSA) is 29.5 Å². The first-order chi connectivity index (χ1) is 9.25. The Hall–Kier alpha value is -1.77. The van der Waals surface area contributed by atoms with Crippen LogP contribution in [0.1, 0.15) is 32.3 Å². The minimum atomic E-state index is -0.221. The fourth-order valence-electron chi connectivity index (χ4n) is 1.82. The van der Waals surface area contributed by atoms with Gasteiger partial charge in [0.2, 0.25) is 0 Å². The summed E-state index contributed by atoms with van der Waals surface area (Å²) >= 11 is 0. The van der Waals surface area contributed by atoms with Crippen LogP contribution in [0.2, 0.25) is 0 Å². The predicted molar refractivity (Wildman–Crippen MR) is 77.9 cm³/mol. The van der Waals surface area contributed by atoms with Crippen LogP contribution in [-0.2, 0) is 11.3 Å². The van der Waals surface area contributed by atoms with Gasteiger partial charge in [-0.1, -0.05) is 56.3 Å². The molecular weight excluding hydrogens is 238 g/mol. The summed E-state index contributed by atoms with van der Waals surface area (Å²) in [4.78, 5) is 13.5. The van der Waals surface area contributed by atoms with Crippen molar-refractivity contribution in [1.82, 2.24) is 4.90 Å². The van der Waals surface area contributed by atoms with Gasteiger partial charge in [0.05, 0.1) is 0 Å². The van der Waals surface area contributed by atoms with E-state index in [-0.39, 0.29) is 6.09 Å². The molecule has 0 bridgehead atoms. The third-order valence-electron chi connectivity index (χ3n) is 2.93. The predicted octanol–water partition coefficient (Wildman–Crippen LogP) is 4.00. The van der Waals surface area contributed by atoms with E-state index in [2.05, 4.69) is 6.58 Å². The number of benzene rings is 1. The van der Waals surface area contributed by atoms with Gasteiger partial charge in [-0.25, -0.2) is 4.79 Å². The average molecular weight is 261 g/mol. The second-order valence-electron chi connectivity index (χ2n) is 4.28. The Balaban J connectivity index is 0.000000861. The first kappa shape index (κ1) is 15.3. The zero-order valence-electron chi connectivity index (χ0n) is 11.9. The molecular formula is C16H23NO2. The molecule has 104 valence electrons. The number of nitrogens with zero attached hydrogens (tertiary/aromatic N) is 1. The monoisotopic (exact) mass is 261 g/mol. The highest BCUT2D eigenvalue weighted by molar-refractivity contribution is 5.67. The largest absolute Gasteiger partial charge is 0.445 e. The number of ether oxygens (including phenoxy) is 1. The summed E-state index contributed by atoms with van der Waals surface area (Å²) in [6.07, 6.45) is 1.56. The summed E-state index contributed by atoms with van der Waals surface area (Å²) in [6.45, 7) is 9.72. The van der Waals surface area contributed by atoms with Gasteiger partial charge in [-0.3, -0.25) is 0 Å². The van der Waals surface area contributed by atoms with Crippen LogP contribution in [-0.4, -0.2) is 24.1 Å². The summed E-state index contributed by atoms with van der Waals surface area (Å²) in [5.74, 6) is 0. The van der Waals surface area contributed by atoms with E-state index in [4.69, 9.17) is 4.74 Å². The van der Waals surface area contributed by atoms with Crippen molar-refractivity contribution in [2.75, 3.05) is 13.1 Å². The van der Waals surface area contributed by atoms with Crippen molar-refractivity contribution in [1.29, 1.82) is 0 Å². The summed E-state index contributed by atoms with van der Waals surface area (Å²) in [6, 6.07) is 9.72. The molecule has 2 rings (SSSR count). The standard InChI is InChI=1S/C14H17NO2.C2H6/c1-12-7-9-15(10-8-12)14(16)17-11-13-5-3-2-4-6-13;1-2/h2-6H,1,7-11H2;1-2H3. The van der Waals surface area contributed by atoms with Gasteiger partial charge in [0.1, 0.15) is 6.61 Å². The fraction of sp³-hybridized carbons (Fsp3) is 0.438. The smallest absolute Gasteiger partial charge is 0.410 e. The first-order valence-corrected chi connectivity index (χ1v) is 6.88. The number of piperidine rings is 1. The van der Waals surface area contributed by atoms with Crippen molar-refractivity contribution in [2.24, 2.45) is 0 Å². The number of hydrogen-bond acceptors (Lipinski definition) is 2. The van der Waals surface area contributed by atoms with Gasteiger partial charge in [-0.2, -0.15) is 0 Å². The van der Waals surface area contributed by atoms with E-state index < -0.39 is 0 Å². The molecule has 1 amide bonds. The third kappa shape index (κ3) is 5.16. The van der Waals surface area contributed by atoms with E-state index >= 15 is 0 Å². The van der Waals surface area contributed by atoms with E-state index in [0.29, 0.717) is 6.61 Å². The Labute approximate surface area is 115 Å². The summed E-state index contributed by atoms with van der Waals surface area (Å²) < 4.78 is 5.26. The Morgan fingerprint density at radius 2 is 1.79 bits per heavy atom. The Morgan fingerprint density at radius 1 is 1.21 bits per heavy atom. The first-order valence-electron chi connectivity index (χ1n) is 6.88. The Morgan fingerprint density at radius 3 is 2.37 bits per heavy atom. The maximum Gasteiger partial charge on any atom is 0.410 e. The highest BCUT2D eigenvalue weighted by Gasteiger charge is 2.18. The molecule has 0 atom stereocenters. The van der Waals surface area contributed by atoms with E-state index in [1.165, 1.54) is 5.57 Å². The Kier molecular flexibility index (Phi) is 6.72. The van der Waals surface area contributed by atoms with Crippen LogP contribution in [0.5, 0.6) is 0 Å². The summed E-state index contributed by atoms with van der Waals surface area (Å²) in [7, 11) is 0. The molecule has 1 fully saturated rings. The van der Waals surface area contributed by atoms with Crippen molar-refractivity contribution >= 4 is 6.09 Å². The molecule has 0 saturated carbocycles. The molecule has 19 heavy (non-hydrogen) atoms. The van der Waals surface area contributed by atoms with Gasteiger partial charge in [0, 0.05) is 13.1 Å².